The second-order valence-corrected chi connectivity index (χ2v) is 4.39. The predicted molar refractivity (Wildman–Crippen MR) is 72.0 cm³/mol. The van der Waals surface area contributed by atoms with Crippen LogP contribution in [-0.4, -0.2) is 43.3 Å². The molecule has 1 aliphatic heterocycles. The van der Waals surface area contributed by atoms with Crippen molar-refractivity contribution in [1.29, 1.82) is 0 Å². The number of phenols is 1. The molecular weight excluding hydrogens is 228 g/mol. The molecule has 4 heteroatoms. The Balaban J connectivity index is 2.28. The molecule has 1 saturated heterocycles. The number of methoxy groups -OCH3 is 1. The van der Waals surface area contributed by atoms with E-state index >= 15 is 0 Å². The minimum Gasteiger partial charge on any atom is -0.508 e. The maximum Gasteiger partial charge on any atom is 0.127 e. The molecule has 1 heterocycles. The Hall–Kier alpha value is -1.52. The number of phenolic OH excluding ortho intramolecular Hbond substituents is 1. The molecule has 0 radical (unpaired) electrons. The van der Waals surface area contributed by atoms with Crippen LogP contribution in [-0.2, 0) is 0 Å². The molecule has 1 aliphatic rings. The summed E-state index contributed by atoms with van der Waals surface area (Å²) >= 11 is 0. The molecule has 0 bridgehead atoms. The van der Waals surface area contributed by atoms with Crippen molar-refractivity contribution in [1.82, 2.24) is 10.2 Å². The van der Waals surface area contributed by atoms with Crippen molar-refractivity contribution in [3.05, 3.63) is 36.4 Å². The molecular formula is C14H20N2O2. The third-order valence-corrected chi connectivity index (χ3v) is 3.30. The Morgan fingerprint density at radius 1 is 1.44 bits per heavy atom. The van der Waals surface area contributed by atoms with Crippen LogP contribution in [0.3, 0.4) is 0 Å². The van der Waals surface area contributed by atoms with Crippen LogP contribution in [0.25, 0.3) is 0 Å². The zero-order valence-corrected chi connectivity index (χ0v) is 10.7. The summed E-state index contributed by atoms with van der Waals surface area (Å²) in [5.41, 5.74) is 1.05. The monoisotopic (exact) mass is 248 g/mol. The summed E-state index contributed by atoms with van der Waals surface area (Å²) in [4.78, 5) is 2.36. The van der Waals surface area contributed by atoms with Gasteiger partial charge in [0.05, 0.1) is 13.2 Å². The largest absolute Gasteiger partial charge is 0.508 e. The van der Waals surface area contributed by atoms with Crippen LogP contribution >= 0.6 is 0 Å². The number of hydrogen-bond acceptors (Lipinski definition) is 4. The molecule has 0 saturated carbocycles. The van der Waals surface area contributed by atoms with E-state index in [2.05, 4.69) is 16.8 Å². The summed E-state index contributed by atoms with van der Waals surface area (Å²) in [5.74, 6) is 0.928. The standard InChI is InChI=1S/C14H20N2O2/c1-3-13(16-8-6-15-7-9-16)12-5-4-11(17)10-14(12)18-2/h3-5,10,13,15,17H,1,6-9H2,2H3/t13-/m0/s1. The fourth-order valence-electron chi connectivity index (χ4n) is 2.38. The lowest BCUT2D eigenvalue weighted by molar-refractivity contribution is 0.200. The lowest BCUT2D eigenvalue weighted by Gasteiger charge is -2.34. The van der Waals surface area contributed by atoms with Gasteiger partial charge in [0.15, 0.2) is 0 Å². The van der Waals surface area contributed by atoms with Gasteiger partial charge in [0, 0.05) is 37.8 Å². The molecule has 0 unspecified atom stereocenters. The second kappa shape index (κ2) is 5.89. The van der Waals surface area contributed by atoms with E-state index < -0.39 is 0 Å². The second-order valence-electron chi connectivity index (χ2n) is 4.39. The van der Waals surface area contributed by atoms with Crippen molar-refractivity contribution in [3.8, 4) is 11.5 Å². The highest BCUT2D eigenvalue weighted by Gasteiger charge is 2.22. The number of nitrogens with zero attached hydrogens (tertiary/aromatic N) is 1. The number of benzene rings is 1. The van der Waals surface area contributed by atoms with Gasteiger partial charge in [-0.05, 0) is 12.1 Å². The molecule has 1 fully saturated rings. The van der Waals surface area contributed by atoms with Crippen LogP contribution in [0.2, 0.25) is 0 Å². The minimum absolute atomic E-state index is 0.127. The maximum absolute atomic E-state index is 9.50. The zero-order chi connectivity index (χ0) is 13.0. The Morgan fingerprint density at radius 2 is 2.17 bits per heavy atom. The van der Waals surface area contributed by atoms with E-state index in [4.69, 9.17) is 4.74 Å². The molecule has 98 valence electrons. The van der Waals surface area contributed by atoms with E-state index in [1.54, 1.807) is 19.2 Å². The highest BCUT2D eigenvalue weighted by atomic mass is 16.5. The first-order valence-corrected chi connectivity index (χ1v) is 6.20. The Kier molecular flexibility index (Phi) is 4.23. The zero-order valence-electron chi connectivity index (χ0n) is 10.7. The van der Waals surface area contributed by atoms with Crippen LogP contribution in [0.1, 0.15) is 11.6 Å². The quantitative estimate of drug-likeness (QED) is 0.793. The van der Waals surface area contributed by atoms with Gasteiger partial charge in [0.25, 0.3) is 0 Å². The lowest BCUT2D eigenvalue weighted by Crippen LogP contribution is -2.44. The lowest BCUT2D eigenvalue weighted by atomic mass is 10.0. The van der Waals surface area contributed by atoms with Crippen LogP contribution in [0.5, 0.6) is 11.5 Å². The summed E-state index contributed by atoms with van der Waals surface area (Å²) in [6, 6.07) is 5.37. The molecule has 4 nitrogen and oxygen atoms in total. The topological polar surface area (TPSA) is 44.7 Å². The maximum atomic E-state index is 9.50. The highest BCUT2D eigenvalue weighted by molar-refractivity contribution is 5.43. The van der Waals surface area contributed by atoms with Gasteiger partial charge in [0.1, 0.15) is 11.5 Å². The summed E-state index contributed by atoms with van der Waals surface area (Å²) in [6.07, 6.45) is 1.93. The third-order valence-electron chi connectivity index (χ3n) is 3.30. The van der Waals surface area contributed by atoms with Gasteiger partial charge >= 0.3 is 0 Å². The first-order valence-electron chi connectivity index (χ1n) is 6.20. The predicted octanol–water partition coefficient (Wildman–Crippen LogP) is 1.53. The first kappa shape index (κ1) is 12.9. The molecule has 0 spiro atoms. The number of piperazine rings is 1. The van der Waals surface area contributed by atoms with Gasteiger partial charge in [0.2, 0.25) is 0 Å². The van der Waals surface area contributed by atoms with Crippen molar-refractivity contribution >= 4 is 0 Å². The summed E-state index contributed by atoms with van der Waals surface area (Å²) in [7, 11) is 1.62. The van der Waals surface area contributed by atoms with Gasteiger partial charge < -0.3 is 15.2 Å². The SMILES string of the molecule is C=C[C@@H](c1ccc(O)cc1OC)N1CCNCC1. The van der Waals surface area contributed by atoms with E-state index in [9.17, 15) is 5.11 Å². The number of aromatic hydroxyl groups is 1. The van der Waals surface area contributed by atoms with Crippen LogP contribution < -0.4 is 10.1 Å². The van der Waals surface area contributed by atoms with E-state index in [-0.39, 0.29) is 11.8 Å². The van der Waals surface area contributed by atoms with E-state index in [1.165, 1.54) is 0 Å². The molecule has 1 aromatic rings. The van der Waals surface area contributed by atoms with Crippen molar-refractivity contribution in [3.63, 3.8) is 0 Å². The van der Waals surface area contributed by atoms with Gasteiger partial charge in [-0.3, -0.25) is 4.90 Å². The fraction of sp³-hybridized carbons (Fsp3) is 0.429. The van der Waals surface area contributed by atoms with Crippen LogP contribution in [0.15, 0.2) is 30.9 Å². The molecule has 1 aromatic carbocycles. The number of hydrogen-bond donors (Lipinski definition) is 2. The van der Waals surface area contributed by atoms with Gasteiger partial charge in [-0.2, -0.15) is 0 Å². The first-order chi connectivity index (χ1) is 8.76. The van der Waals surface area contributed by atoms with Crippen molar-refractivity contribution in [2.45, 2.75) is 6.04 Å². The number of nitrogens with one attached hydrogen (secondary N) is 1. The number of rotatable bonds is 4. The molecule has 0 aromatic heterocycles. The molecule has 2 rings (SSSR count). The van der Waals surface area contributed by atoms with Crippen LogP contribution in [0, 0.1) is 0 Å². The summed E-state index contributed by atoms with van der Waals surface area (Å²) in [6.45, 7) is 7.89. The fourth-order valence-corrected chi connectivity index (χ4v) is 2.38. The third kappa shape index (κ3) is 2.66. The summed E-state index contributed by atoms with van der Waals surface area (Å²) < 4.78 is 5.35. The van der Waals surface area contributed by atoms with Crippen LogP contribution in [0.4, 0.5) is 0 Å². The van der Waals surface area contributed by atoms with Gasteiger partial charge in [-0.15, -0.1) is 6.58 Å². The van der Waals surface area contributed by atoms with Gasteiger partial charge in [-0.1, -0.05) is 6.08 Å². The molecule has 0 amide bonds. The number of ether oxygens (including phenoxy) is 1. The normalized spacial score (nSPS) is 18.3. The van der Waals surface area contributed by atoms with Crippen molar-refractivity contribution in [2.75, 3.05) is 33.3 Å². The molecule has 18 heavy (non-hydrogen) atoms. The average molecular weight is 248 g/mol. The Labute approximate surface area is 108 Å². The summed E-state index contributed by atoms with van der Waals surface area (Å²) in [5, 5.41) is 12.8. The van der Waals surface area contributed by atoms with Crippen molar-refractivity contribution in [2.24, 2.45) is 0 Å². The molecule has 1 atom stereocenters. The Bertz CT molecular complexity index is 414. The van der Waals surface area contributed by atoms with Crippen molar-refractivity contribution < 1.29 is 9.84 Å². The smallest absolute Gasteiger partial charge is 0.127 e. The average Bonchev–Trinajstić information content (AvgIpc) is 2.42. The minimum atomic E-state index is 0.127. The highest BCUT2D eigenvalue weighted by Crippen LogP contribution is 2.32. The van der Waals surface area contributed by atoms with E-state index in [0.29, 0.717) is 5.75 Å². The van der Waals surface area contributed by atoms with E-state index in [0.717, 1.165) is 31.7 Å². The molecule has 2 N–H and O–H groups in total. The van der Waals surface area contributed by atoms with Gasteiger partial charge in [-0.25, -0.2) is 0 Å². The Morgan fingerprint density at radius 3 is 2.78 bits per heavy atom. The van der Waals surface area contributed by atoms with E-state index in [1.807, 2.05) is 12.1 Å². The molecule has 0 aliphatic carbocycles.